The Hall–Kier alpha value is -4.76. The van der Waals surface area contributed by atoms with Crippen molar-refractivity contribution >= 4 is 5.78 Å². The van der Waals surface area contributed by atoms with Gasteiger partial charge in [0.05, 0.1) is 45.4 Å². The molecule has 0 radical (unpaired) electrons. The van der Waals surface area contributed by atoms with Crippen LogP contribution < -0.4 is 15.2 Å². The lowest BCUT2D eigenvalue weighted by Gasteiger charge is -2.15. The van der Waals surface area contributed by atoms with Crippen LogP contribution in [0.5, 0.6) is 11.5 Å². The fraction of sp³-hybridized carbons (Fsp3) is 0.300. The van der Waals surface area contributed by atoms with Gasteiger partial charge in [-0.1, -0.05) is 83.9 Å². The number of hydrogen-bond donors (Lipinski definition) is 1. The van der Waals surface area contributed by atoms with Gasteiger partial charge in [-0.2, -0.15) is 0 Å². The van der Waals surface area contributed by atoms with E-state index in [0.29, 0.717) is 69.4 Å². The Balaban J connectivity index is 1.49. The molecule has 1 heterocycles. The Morgan fingerprint density at radius 2 is 1.29 bits per heavy atom. The molecule has 1 aromatic heterocycles. The van der Waals surface area contributed by atoms with Gasteiger partial charge in [0.1, 0.15) is 17.3 Å². The predicted molar refractivity (Wildman–Crippen MR) is 191 cm³/mol. The average Bonchev–Trinajstić information content (AvgIpc) is 3.48. The van der Waals surface area contributed by atoms with E-state index in [1.807, 2.05) is 42.5 Å². The molecule has 0 saturated heterocycles. The van der Waals surface area contributed by atoms with Crippen LogP contribution in [0.4, 0.5) is 0 Å². The zero-order valence-corrected chi connectivity index (χ0v) is 28.3. The van der Waals surface area contributed by atoms with Crippen molar-refractivity contribution in [3.8, 4) is 45.4 Å². The monoisotopic (exact) mass is 647 g/mol. The van der Waals surface area contributed by atoms with Crippen LogP contribution in [0.1, 0.15) is 39.9 Å². The van der Waals surface area contributed by atoms with Crippen molar-refractivity contribution in [2.45, 2.75) is 33.2 Å². The zero-order chi connectivity index (χ0) is 33.9. The number of carbonyl (C=O) groups excluding carboxylic acids is 1. The van der Waals surface area contributed by atoms with Crippen molar-refractivity contribution in [3.05, 3.63) is 113 Å². The molecule has 5 rings (SSSR count). The molecule has 5 aromatic rings. The van der Waals surface area contributed by atoms with Gasteiger partial charge in [0, 0.05) is 54.4 Å². The van der Waals surface area contributed by atoms with Crippen molar-refractivity contribution in [2.24, 2.45) is 5.73 Å². The van der Waals surface area contributed by atoms with E-state index in [1.165, 1.54) is 11.1 Å². The van der Waals surface area contributed by atoms with Gasteiger partial charge < -0.3 is 29.2 Å². The van der Waals surface area contributed by atoms with Gasteiger partial charge in [0.2, 0.25) is 0 Å². The van der Waals surface area contributed by atoms with Crippen LogP contribution in [0.25, 0.3) is 33.9 Å². The molecule has 0 saturated carbocycles. The second-order valence-corrected chi connectivity index (χ2v) is 11.8. The van der Waals surface area contributed by atoms with Crippen LogP contribution in [-0.4, -0.2) is 62.5 Å². The van der Waals surface area contributed by atoms with E-state index in [2.05, 4.69) is 66.9 Å². The molecular formula is C40H45N3O5. The maximum atomic E-state index is 13.0. The van der Waals surface area contributed by atoms with Crippen LogP contribution in [0.15, 0.2) is 91.0 Å². The number of imidazole rings is 1. The average molecular weight is 648 g/mol. The van der Waals surface area contributed by atoms with E-state index >= 15 is 0 Å². The first-order valence-electron chi connectivity index (χ1n) is 16.4. The first kappa shape index (κ1) is 34.6. The second-order valence-electron chi connectivity index (χ2n) is 11.8. The third-order valence-corrected chi connectivity index (χ3v) is 8.17. The zero-order valence-electron chi connectivity index (χ0n) is 28.3. The summed E-state index contributed by atoms with van der Waals surface area (Å²) in [6.45, 7) is 7.25. The number of ketones is 1. The molecule has 250 valence electrons. The van der Waals surface area contributed by atoms with Gasteiger partial charge in [-0.15, -0.1) is 0 Å². The highest BCUT2D eigenvalue weighted by atomic mass is 16.5. The molecule has 0 fully saturated rings. The number of rotatable bonds is 17. The van der Waals surface area contributed by atoms with Gasteiger partial charge in [-0.3, -0.25) is 4.79 Å². The third kappa shape index (κ3) is 8.77. The van der Waals surface area contributed by atoms with Crippen LogP contribution in [-0.2, 0) is 16.0 Å². The molecule has 0 unspecified atom stereocenters. The molecule has 0 atom stereocenters. The van der Waals surface area contributed by atoms with Crippen molar-refractivity contribution < 1.29 is 23.7 Å². The van der Waals surface area contributed by atoms with Crippen molar-refractivity contribution in [3.63, 3.8) is 0 Å². The summed E-state index contributed by atoms with van der Waals surface area (Å²) in [5, 5.41) is 0. The number of nitrogens with two attached hydrogens (primary N) is 1. The van der Waals surface area contributed by atoms with E-state index in [0.717, 1.165) is 39.5 Å². The Labute approximate surface area is 283 Å². The summed E-state index contributed by atoms with van der Waals surface area (Å²) in [5.41, 5.74) is 14.4. The number of aryl methyl sites for hydroxylation is 2. The third-order valence-electron chi connectivity index (χ3n) is 8.17. The van der Waals surface area contributed by atoms with Crippen LogP contribution in [0.3, 0.4) is 0 Å². The minimum Gasteiger partial charge on any atom is -0.497 e. The van der Waals surface area contributed by atoms with Gasteiger partial charge in [0.15, 0.2) is 5.78 Å². The molecule has 0 aliphatic heterocycles. The molecule has 0 spiro atoms. The number of hydrogen-bond acceptors (Lipinski definition) is 7. The Morgan fingerprint density at radius 1 is 0.708 bits per heavy atom. The maximum absolute atomic E-state index is 13.0. The molecule has 0 amide bonds. The van der Waals surface area contributed by atoms with Gasteiger partial charge in [-0.25, -0.2) is 4.98 Å². The molecule has 2 N–H and O–H groups in total. The fourth-order valence-corrected chi connectivity index (χ4v) is 5.54. The Bertz CT molecular complexity index is 1760. The number of ether oxygens (including phenoxy) is 4. The van der Waals surface area contributed by atoms with E-state index in [9.17, 15) is 4.79 Å². The van der Waals surface area contributed by atoms with Gasteiger partial charge >= 0.3 is 0 Å². The van der Waals surface area contributed by atoms with E-state index in [1.54, 1.807) is 14.2 Å². The van der Waals surface area contributed by atoms with Crippen LogP contribution in [0.2, 0.25) is 0 Å². The number of nitrogens with zero attached hydrogens (tertiary/aromatic N) is 2. The fourth-order valence-electron chi connectivity index (χ4n) is 5.54. The molecule has 48 heavy (non-hydrogen) atoms. The predicted octanol–water partition coefficient (Wildman–Crippen LogP) is 7.52. The molecule has 0 bridgehead atoms. The SMILES string of the molecule is COc1cc(OC)cc(-c2nc(-c3ccc(C)cc3)c(-c3ccc(C)cc3)n2Cc2ccc(C(=O)CCCOCCOCCN)cc2)c1. The minimum absolute atomic E-state index is 0.0957. The number of benzene rings is 4. The summed E-state index contributed by atoms with van der Waals surface area (Å²) in [6, 6.07) is 30.7. The van der Waals surface area contributed by atoms with Crippen molar-refractivity contribution in [1.82, 2.24) is 9.55 Å². The molecule has 0 aliphatic rings. The number of methoxy groups -OCH3 is 2. The first-order valence-corrected chi connectivity index (χ1v) is 16.4. The van der Waals surface area contributed by atoms with Gasteiger partial charge in [-0.05, 0) is 38.0 Å². The number of aromatic nitrogens is 2. The van der Waals surface area contributed by atoms with E-state index < -0.39 is 0 Å². The topological polar surface area (TPSA) is 97.8 Å². The van der Waals surface area contributed by atoms with Crippen LogP contribution in [0, 0.1) is 13.8 Å². The summed E-state index contributed by atoms with van der Waals surface area (Å²) in [4.78, 5) is 18.3. The summed E-state index contributed by atoms with van der Waals surface area (Å²) in [6.07, 6.45) is 1.07. The summed E-state index contributed by atoms with van der Waals surface area (Å²) in [7, 11) is 3.30. The summed E-state index contributed by atoms with van der Waals surface area (Å²) in [5.74, 6) is 2.24. The lowest BCUT2D eigenvalue weighted by molar-refractivity contribution is 0.0489. The quantitative estimate of drug-likeness (QED) is 0.0824. The normalized spacial score (nSPS) is 11.1. The van der Waals surface area contributed by atoms with Crippen molar-refractivity contribution in [1.29, 1.82) is 0 Å². The smallest absolute Gasteiger partial charge is 0.162 e. The molecule has 8 nitrogen and oxygen atoms in total. The second kappa shape index (κ2) is 16.9. The maximum Gasteiger partial charge on any atom is 0.162 e. The lowest BCUT2D eigenvalue weighted by atomic mass is 10.0. The molecule has 4 aromatic carbocycles. The molecule has 8 heteroatoms. The van der Waals surface area contributed by atoms with Crippen molar-refractivity contribution in [2.75, 3.05) is 47.2 Å². The first-order chi connectivity index (χ1) is 23.4. The summed E-state index contributed by atoms with van der Waals surface area (Å²) < 4.78 is 24.4. The Morgan fingerprint density at radius 3 is 1.88 bits per heavy atom. The highest BCUT2D eigenvalue weighted by molar-refractivity contribution is 5.96. The minimum atomic E-state index is 0.0957. The van der Waals surface area contributed by atoms with Gasteiger partial charge in [0.25, 0.3) is 0 Å². The largest absolute Gasteiger partial charge is 0.497 e. The number of Topliss-reactive ketones (excluding diaryl/α,β-unsaturated/α-hetero) is 1. The highest BCUT2D eigenvalue weighted by Crippen LogP contribution is 2.39. The molecular weight excluding hydrogens is 602 g/mol. The standard InChI is InChI=1S/C40H45N3O5/c1-28-7-13-32(14-8-28)38-39(33-15-9-29(2)10-16-33)43(40(42-38)34-24-35(45-3)26-36(25-34)46-4)27-30-11-17-31(18-12-30)37(44)6-5-20-47-22-23-48-21-19-41/h7-18,24-26H,5-6,19-23,27,41H2,1-4H3. The van der Waals surface area contributed by atoms with E-state index in [-0.39, 0.29) is 5.78 Å². The van der Waals surface area contributed by atoms with Crippen LogP contribution >= 0.6 is 0 Å². The summed E-state index contributed by atoms with van der Waals surface area (Å²) >= 11 is 0. The Kier molecular flexibility index (Phi) is 12.2. The molecule has 0 aliphatic carbocycles. The lowest BCUT2D eigenvalue weighted by Crippen LogP contribution is -2.12. The highest BCUT2D eigenvalue weighted by Gasteiger charge is 2.23. The number of carbonyl (C=O) groups is 1. The van der Waals surface area contributed by atoms with E-state index in [4.69, 9.17) is 29.7 Å².